The fourth-order valence-corrected chi connectivity index (χ4v) is 3.11. The molecular formula is C20H25ClN2O5. The molecule has 1 aliphatic rings. The molecule has 0 bridgehead atoms. The Morgan fingerprint density at radius 3 is 2.61 bits per heavy atom. The van der Waals surface area contributed by atoms with Gasteiger partial charge in [0.15, 0.2) is 0 Å². The van der Waals surface area contributed by atoms with Crippen LogP contribution in [0.25, 0.3) is 0 Å². The number of dihydropyridines is 1. The summed E-state index contributed by atoms with van der Waals surface area (Å²) >= 11 is 6.39. The van der Waals surface area contributed by atoms with Gasteiger partial charge < -0.3 is 25.3 Å². The SMILES string of the molecule is [2H]C([2H])(CN)OC([2H])([2H])C1=C(C(=O)OCC)C(c2ccccc2Cl)C(C(=O)OC)=C(C)N1. The van der Waals surface area contributed by atoms with Crippen molar-refractivity contribution in [1.29, 1.82) is 0 Å². The quantitative estimate of drug-likeness (QED) is 0.631. The Bertz CT molecular complexity index is 965. The molecule has 3 N–H and O–H groups in total. The van der Waals surface area contributed by atoms with Crippen LogP contribution in [0.1, 0.15) is 30.8 Å². The molecule has 152 valence electrons. The number of carbonyl (C=O) groups is 2. The number of nitrogens with two attached hydrogens (primary N) is 1. The minimum absolute atomic E-state index is 0.0186. The number of benzene rings is 1. The molecule has 0 saturated heterocycles. The molecule has 8 heteroatoms. The third-order valence-corrected chi connectivity index (χ3v) is 4.33. The Balaban J connectivity index is 2.86. The van der Waals surface area contributed by atoms with Crippen LogP contribution in [0.4, 0.5) is 0 Å². The standard InChI is InChI=1S/C20H25ClN2O5/c1-4-28-20(25)18-15(11-27-10-9-22)23-12(2)16(19(24)26-3)17(18)13-7-5-6-8-14(13)21/h5-8,17,23H,4,9-11,22H2,1-3H3/i10D2,11D2. The zero-order valence-corrected chi connectivity index (χ0v) is 16.6. The molecule has 7 nitrogen and oxygen atoms in total. The molecule has 0 amide bonds. The molecule has 1 unspecified atom stereocenters. The van der Waals surface area contributed by atoms with Gasteiger partial charge in [0.05, 0.1) is 55.1 Å². The smallest absolute Gasteiger partial charge is 0.336 e. The second-order valence-electron chi connectivity index (χ2n) is 5.67. The van der Waals surface area contributed by atoms with E-state index in [2.05, 4.69) is 5.32 Å². The predicted molar refractivity (Wildman–Crippen MR) is 106 cm³/mol. The van der Waals surface area contributed by atoms with Gasteiger partial charge in [0, 0.05) is 17.3 Å². The van der Waals surface area contributed by atoms with Crippen molar-refractivity contribution in [2.45, 2.75) is 19.8 Å². The molecule has 2 rings (SSSR count). The van der Waals surface area contributed by atoms with Gasteiger partial charge in [-0.2, -0.15) is 0 Å². The van der Waals surface area contributed by atoms with Gasteiger partial charge in [-0.25, -0.2) is 9.59 Å². The highest BCUT2D eigenvalue weighted by Crippen LogP contribution is 2.41. The van der Waals surface area contributed by atoms with E-state index in [4.69, 9.17) is 37.0 Å². The molecule has 1 aliphatic heterocycles. The van der Waals surface area contributed by atoms with Crippen LogP contribution in [0.15, 0.2) is 46.8 Å². The van der Waals surface area contributed by atoms with Gasteiger partial charge in [-0.05, 0) is 25.5 Å². The van der Waals surface area contributed by atoms with E-state index in [-0.39, 0.29) is 28.5 Å². The Kier molecular flexibility index (Phi) is 6.08. The molecule has 28 heavy (non-hydrogen) atoms. The average molecular weight is 413 g/mol. The third kappa shape index (κ3) is 4.73. The van der Waals surface area contributed by atoms with Gasteiger partial charge in [-0.15, -0.1) is 0 Å². The largest absolute Gasteiger partial charge is 0.466 e. The van der Waals surface area contributed by atoms with E-state index < -0.39 is 43.2 Å². The highest BCUT2D eigenvalue weighted by molar-refractivity contribution is 6.31. The number of nitrogens with one attached hydrogen (secondary N) is 1. The van der Waals surface area contributed by atoms with E-state index in [0.29, 0.717) is 5.56 Å². The van der Waals surface area contributed by atoms with Crippen LogP contribution in [0.3, 0.4) is 0 Å². The van der Waals surface area contributed by atoms with Crippen molar-refractivity contribution in [1.82, 2.24) is 5.32 Å². The van der Waals surface area contributed by atoms with Crippen LogP contribution in [0.5, 0.6) is 0 Å². The summed E-state index contributed by atoms with van der Waals surface area (Å²) < 4.78 is 47.3. The van der Waals surface area contributed by atoms with Crippen LogP contribution in [0.2, 0.25) is 5.02 Å². The van der Waals surface area contributed by atoms with Crippen molar-refractivity contribution in [2.75, 3.05) is 33.4 Å². The zero-order chi connectivity index (χ0) is 24.3. The van der Waals surface area contributed by atoms with Crippen molar-refractivity contribution in [2.24, 2.45) is 5.73 Å². The number of hydrogen-bond acceptors (Lipinski definition) is 7. The highest BCUT2D eigenvalue weighted by Gasteiger charge is 2.39. The maximum Gasteiger partial charge on any atom is 0.336 e. The Morgan fingerprint density at radius 1 is 1.29 bits per heavy atom. The lowest BCUT2D eigenvalue weighted by molar-refractivity contribution is -0.139. The molecule has 0 aromatic heterocycles. The average Bonchev–Trinajstić information content (AvgIpc) is 2.72. The van der Waals surface area contributed by atoms with Gasteiger partial charge in [0.2, 0.25) is 0 Å². The van der Waals surface area contributed by atoms with E-state index in [1.54, 1.807) is 31.2 Å². The summed E-state index contributed by atoms with van der Waals surface area (Å²) in [5.41, 5.74) is 5.14. The van der Waals surface area contributed by atoms with E-state index in [9.17, 15) is 9.59 Å². The number of halogens is 1. The first-order valence-corrected chi connectivity index (χ1v) is 8.90. The fraction of sp³-hybridized carbons (Fsp3) is 0.400. The normalized spacial score (nSPS) is 19.8. The highest BCUT2D eigenvalue weighted by atomic mass is 35.5. The Morgan fingerprint density at radius 2 is 2.00 bits per heavy atom. The minimum atomic E-state index is -2.85. The Labute approximate surface area is 175 Å². The molecule has 0 radical (unpaired) electrons. The molecule has 1 aromatic carbocycles. The monoisotopic (exact) mass is 412 g/mol. The van der Waals surface area contributed by atoms with Crippen molar-refractivity contribution >= 4 is 23.5 Å². The second-order valence-corrected chi connectivity index (χ2v) is 6.08. The van der Waals surface area contributed by atoms with Crippen molar-refractivity contribution < 1.29 is 29.3 Å². The van der Waals surface area contributed by atoms with Gasteiger partial charge in [0.1, 0.15) is 0 Å². The van der Waals surface area contributed by atoms with Crippen LogP contribution >= 0.6 is 11.6 Å². The first-order chi connectivity index (χ1) is 14.9. The van der Waals surface area contributed by atoms with Gasteiger partial charge in [-0.1, -0.05) is 29.8 Å². The summed E-state index contributed by atoms with van der Waals surface area (Å²) in [7, 11) is 1.17. The predicted octanol–water partition coefficient (Wildman–Crippen LogP) is 2.27. The van der Waals surface area contributed by atoms with E-state index in [1.807, 2.05) is 0 Å². The van der Waals surface area contributed by atoms with Crippen LogP contribution in [-0.4, -0.2) is 45.3 Å². The number of allylic oxidation sites excluding steroid dienone is 1. The van der Waals surface area contributed by atoms with Crippen molar-refractivity contribution in [3.8, 4) is 0 Å². The number of rotatable bonds is 8. The van der Waals surface area contributed by atoms with Crippen molar-refractivity contribution in [3.05, 3.63) is 57.4 Å². The summed E-state index contributed by atoms with van der Waals surface area (Å²) in [5.74, 6) is -2.87. The molecule has 0 saturated carbocycles. The summed E-state index contributed by atoms with van der Waals surface area (Å²) in [6.07, 6.45) is 0. The third-order valence-electron chi connectivity index (χ3n) is 3.99. The molecule has 1 heterocycles. The number of esters is 2. The molecule has 1 atom stereocenters. The molecular weight excluding hydrogens is 384 g/mol. The Hall–Kier alpha value is -2.35. The summed E-state index contributed by atoms with van der Waals surface area (Å²) in [5, 5.41) is 2.90. The minimum Gasteiger partial charge on any atom is -0.466 e. The lowest BCUT2D eigenvalue weighted by Gasteiger charge is -2.31. The van der Waals surface area contributed by atoms with Crippen molar-refractivity contribution in [3.63, 3.8) is 0 Å². The van der Waals surface area contributed by atoms with Gasteiger partial charge in [-0.3, -0.25) is 0 Å². The van der Waals surface area contributed by atoms with Crippen LogP contribution in [0, 0.1) is 0 Å². The van der Waals surface area contributed by atoms with E-state index in [0.717, 1.165) is 0 Å². The summed E-state index contributed by atoms with van der Waals surface area (Å²) in [6.45, 7) is -3.00. The fourth-order valence-electron chi connectivity index (χ4n) is 2.87. The van der Waals surface area contributed by atoms with E-state index in [1.165, 1.54) is 14.0 Å². The second kappa shape index (κ2) is 10.3. The number of carbonyl (C=O) groups excluding carboxylic acids is 2. The lowest BCUT2D eigenvalue weighted by Crippen LogP contribution is -2.35. The molecule has 0 fully saturated rings. The molecule has 0 aliphatic carbocycles. The number of methoxy groups -OCH3 is 1. The van der Waals surface area contributed by atoms with E-state index >= 15 is 0 Å². The molecule has 0 spiro atoms. The maximum atomic E-state index is 13.1. The lowest BCUT2D eigenvalue weighted by atomic mass is 9.80. The topological polar surface area (TPSA) is 99.9 Å². The molecule has 1 aromatic rings. The van der Waals surface area contributed by atoms with Gasteiger partial charge in [0.25, 0.3) is 0 Å². The maximum absolute atomic E-state index is 13.1. The first-order valence-electron chi connectivity index (χ1n) is 10.5. The summed E-state index contributed by atoms with van der Waals surface area (Å²) in [4.78, 5) is 25.8. The van der Waals surface area contributed by atoms with Crippen LogP contribution in [-0.2, 0) is 23.8 Å². The summed E-state index contributed by atoms with van der Waals surface area (Å²) in [6, 6.07) is 6.45. The number of hydrogen-bond donors (Lipinski definition) is 2. The van der Waals surface area contributed by atoms with Crippen LogP contribution < -0.4 is 11.1 Å². The number of ether oxygens (including phenoxy) is 3. The van der Waals surface area contributed by atoms with Gasteiger partial charge >= 0.3 is 11.9 Å². The zero-order valence-electron chi connectivity index (χ0n) is 19.8. The first kappa shape index (κ1) is 16.6.